The number of phenolic OH excluding ortho intramolecular Hbond substituents is 1. The van der Waals surface area contributed by atoms with Crippen LogP contribution in [0.4, 0.5) is 0 Å². The number of benzene rings is 5. The summed E-state index contributed by atoms with van der Waals surface area (Å²) < 4.78 is 2.19. The number of pyridine rings is 1. The highest BCUT2D eigenvalue weighted by Crippen LogP contribution is 2.41. The molecule has 7 rings (SSSR count). The molecule has 0 spiro atoms. The summed E-state index contributed by atoms with van der Waals surface area (Å²) in [5.41, 5.74) is 12.1. The SMILES string of the molecule is CC(C)(C)c1ccnc(-c2cccc(-c3cc(C(C)(C)C)cc4c3nc(-c3cc(-c5ccccc5)ccc3O)n4-c3ccccc3)c2)c1. The first-order chi connectivity index (χ1) is 23.0. The molecule has 2 heterocycles. The van der Waals surface area contributed by atoms with Gasteiger partial charge in [0.1, 0.15) is 11.6 Å². The third-order valence-corrected chi connectivity index (χ3v) is 9.08. The molecule has 0 radical (unpaired) electrons. The summed E-state index contributed by atoms with van der Waals surface area (Å²) in [6.07, 6.45) is 1.91. The van der Waals surface area contributed by atoms with Gasteiger partial charge < -0.3 is 5.11 Å². The quantitative estimate of drug-likeness (QED) is 0.207. The monoisotopic (exact) mass is 627 g/mol. The molecule has 4 heteroatoms. The van der Waals surface area contributed by atoms with Crippen LogP contribution in [0.15, 0.2) is 134 Å². The van der Waals surface area contributed by atoms with Gasteiger partial charge >= 0.3 is 0 Å². The van der Waals surface area contributed by atoms with Gasteiger partial charge in [-0.05, 0) is 93.2 Å². The Labute approximate surface area is 283 Å². The van der Waals surface area contributed by atoms with Gasteiger partial charge in [-0.25, -0.2) is 4.98 Å². The maximum atomic E-state index is 11.4. The van der Waals surface area contributed by atoms with Crippen LogP contribution in [0.3, 0.4) is 0 Å². The molecule has 0 fully saturated rings. The first kappa shape index (κ1) is 31.1. The average molecular weight is 628 g/mol. The van der Waals surface area contributed by atoms with Crippen LogP contribution in [0.25, 0.3) is 61.6 Å². The third-order valence-electron chi connectivity index (χ3n) is 9.08. The predicted octanol–water partition coefficient (Wildman–Crippen LogP) is 11.4. The van der Waals surface area contributed by atoms with E-state index in [1.165, 1.54) is 11.1 Å². The van der Waals surface area contributed by atoms with Crippen molar-refractivity contribution in [3.63, 3.8) is 0 Å². The van der Waals surface area contributed by atoms with Crippen LogP contribution in [0, 0.1) is 0 Å². The van der Waals surface area contributed by atoms with Crippen molar-refractivity contribution >= 4 is 11.0 Å². The molecule has 0 saturated heterocycles. The molecule has 0 aliphatic carbocycles. The van der Waals surface area contributed by atoms with Crippen molar-refractivity contribution in [2.24, 2.45) is 0 Å². The molecule has 48 heavy (non-hydrogen) atoms. The van der Waals surface area contributed by atoms with E-state index in [1.807, 2.05) is 54.7 Å². The molecule has 238 valence electrons. The van der Waals surface area contributed by atoms with E-state index in [4.69, 9.17) is 9.97 Å². The highest BCUT2D eigenvalue weighted by atomic mass is 16.3. The molecule has 0 aliphatic rings. The van der Waals surface area contributed by atoms with Crippen LogP contribution in [-0.2, 0) is 10.8 Å². The van der Waals surface area contributed by atoms with Crippen LogP contribution in [0.1, 0.15) is 52.7 Å². The number of rotatable bonds is 5. The van der Waals surface area contributed by atoms with Gasteiger partial charge in [-0.2, -0.15) is 0 Å². The van der Waals surface area contributed by atoms with E-state index < -0.39 is 0 Å². The minimum Gasteiger partial charge on any atom is -0.507 e. The van der Waals surface area contributed by atoms with Crippen molar-refractivity contribution in [2.75, 3.05) is 0 Å². The normalized spacial score (nSPS) is 12.0. The fraction of sp³-hybridized carbons (Fsp3) is 0.182. The van der Waals surface area contributed by atoms with E-state index in [1.54, 1.807) is 6.07 Å². The van der Waals surface area contributed by atoms with Gasteiger partial charge in [-0.3, -0.25) is 9.55 Å². The average Bonchev–Trinajstić information content (AvgIpc) is 3.47. The summed E-state index contributed by atoms with van der Waals surface area (Å²) in [6, 6.07) is 43.8. The number of hydrogen-bond donors (Lipinski definition) is 1. The van der Waals surface area contributed by atoms with Crippen LogP contribution < -0.4 is 0 Å². The summed E-state index contributed by atoms with van der Waals surface area (Å²) in [6.45, 7) is 13.4. The third kappa shape index (κ3) is 5.91. The number of aromatic hydroxyl groups is 1. The first-order valence-electron chi connectivity index (χ1n) is 16.6. The Kier molecular flexibility index (Phi) is 7.75. The molecular weight excluding hydrogens is 587 g/mol. The minimum atomic E-state index is -0.121. The maximum Gasteiger partial charge on any atom is 0.149 e. The Morgan fingerprint density at radius 1 is 0.542 bits per heavy atom. The van der Waals surface area contributed by atoms with E-state index in [9.17, 15) is 5.11 Å². The molecule has 0 bridgehead atoms. The highest BCUT2D eigenvalue weighted by Gasteiger charge is 2.24. The lowest BCUT2D eigenvalue weighted by Crippen LogP contribution is -2.11. The molecule has 0 unspecified atom stereocenters. The van der Waals surface area contributed by atoms with Crippen molar-refractivity contribution in [3.8, 4) is 56.3 Å². The van der Waals surface area contributed by atoms with Crippen molar-refractivity contribution in [2.45, 2.75) is 52.4 Å². The van der Waals surface area contributed by atoms with E-state index in [2.05, 4.69) is 119 Å². The predicted molar refractivity (Wildman–Crippen MR) is 200 cm³/mol. The van der Waals surface area contributed by atoms with E-state index in [-0.39, 0.29) is 16.6 Å². The minimum absolute atomic E-state index is 0.0204. The van der Waals surface area contributed by atoms with Crippen molar-refractivity contribution < 1.29 is 5.11 Å². The lowest BCUT2D eigenvalue weighted by Gasteiger charge is -2.21. The number of imidazole rings is 1. The fourth-order valence-corrected chi connectivity index (χ4v) is 6.28. The molecule has 0 saturated carbocycles. The van der Waals surface area contributed by atoms with E-state index in [0.29, 0.717) is 11.4 Å². The van der Waals surface area contributed by atoms with Crippen molar-refractivity contribution in [1.82, 2.24) is 14.5 Å². The molecule has 0 aliphatic heterocycles. The highest BCUT2D eigenvalue weighted by molar-refractivity contribution is 5.97. The Bertz CT molecular complexity index is 2250. The largest absolute Gasteiger partial charge is 0.507 e. The number of fused-ring (bicyclic) bond motifs is 1. The Balaban J connectivity index is 1.51. The summed E-state index contributed by atoms with van der Waals surface area (Å²) in [4.78, 5) is 10.2. The van der Waals surface area contributed by atoms with Gasteiger partial charge in [0.25, 0.3) is 0 Å². The van der Waals surface area contributed by atoms with Crippen molar-refractivity contribution in [1.29, 1.82) is 0 Å². The second-order valence-electron chi connectivity index (χ2n) is 14.6. The summed E-state index contributed by atoms with van der Waals surface area (Å²) >= 11 is 0. The van der Waals surface area contributed by atoms with Gasteiger partial charge in [0.2, 0.25) is 0 Å². The zero-order chi connectivity index (χ0) is 33.6. The zero-order valence-corrected chi connectivity index (χ0v) is 28.5. The first-order valence-corrected chi connectivity index (χ1v) is 16.6. The summed E-state index contributed by atoms with van der Waals surface area (Å²) in [7, 11) is 0. The molecule has 2 aromatic heterocycles. The van der Waals surface area contributed by atoms with Crippen LogP contribution in [0.5, 0.6) is 5.75 Å². The number of phenols is 1. The van der Waals surface area contributed by atoms with Crippen LogP contribution in [0.2, 0.25) is 0 Å². The van der Waals surface area contributed by atoms with E-state index in [0.717, 1.165) is 50.2 Å². The molecule has 4 nitrogen and oxygen atoms in total. The molecule has 0 atom stereocenters. The van der Waals surface area contributed by atoms with E-state index >= 15 is 0 Å². The zero-order valence-electron chi connectivity index (χ0n) is 28.5. The molecular formula is C44H41N3O. The number of hydrogen-bond acceptors (Lipinski definition) is 3. The Hall–Kier alpha value is -5.48. The van der Waals surface area contributed by atoms with Gasteiger partial charge in [-0.15, -0.1) is 0 Å². The Morgan fingerprint density at radius 2 is 1.21 bits per heavy atom. The topological polar surface area (TPSA) is 50.9 Å². The summed E-state index contributed by atoms with van der Waals surface area (Å²) in [5, 5.41) is 11.4. The molecule has 1 N–H and O–H groups in total. The standard InChI is InChI=1S/C44H41N3O/c1-43(2,3)33-22-23-45-38(27-33)32-17-13-16-31(24-32)36-26-34(44(4,5)6)28-39-41(36)46-42(47(39)35-18-11-8-12-19-35)37-25-30(20-21-40(37)48)29-14-9-7-10-15-29/h7-28,48H,1-6H3. The number of para-hydroxylation sites is 1. The van der Waals surface area contributed by atoms with Crippen LogP contribution >= 0.6 is 0 Å². The molecule has 0 amide bonds. The van der Waals surface area contributed by atoms with Gasteiger partial charge in [0.15, 0.2) is 0 Å². The van der Waals surface area contributed by atoms with Gasteiger partial charge in [0, 0.05) is 23.0 Å². The second kappa shape index (κ2) is 12.0. The number of nitrogens with zero attached hydrogens (tertiary/aromatic N) is 3. The lowest BCUT2D eigenvalue weighted by atomic mass is 9.84. The lowest BCUT2D eigenvalue weighted by molar-refractivity contribution is 0.477. The van der Waals surface area contributed by atoms with Gasteiger partial charge in [0.05, 0.1) is 22.3 Å². The number of aromatic nitrogens is 3. The Morgan fingerprint density at radius 3 is 1.92 bits per heavy atom. The summed E-state index contributed by atoms with van der Waals surface area (Å²) in [5.74, 6) is 0.876. The molecule has 5 aromatic carbocycles. The van der Waals surface area contributed by atoms with Gasteiger partial charge in [-0.1, -0.05) is 114 Å². The maximum absolute atomic E-state index is 11.4. The molecule has 7 aromatic rings. The smallest absolute Gasteiger partial charge is 0.149 e. The van der Waals surface area contributed by atoms with Crippen molar-refractivity contribution in [3.05, 3.63) is 145 Å². The second-order valence-corrected chi connectivity index (χ2v) is 14.6. The van der Waals surface area contributed by atoms with Crippen LogP contribution in [-0.4, -0.2) is 19.6 Å². The fourth-order valence-electron chi connectivity index (χ4n) is 6.28.